The van der Waals surface area contributed by atoms with Gasteiger partial charge < -0.3 is 20.6 Å². The van der Waals surface area contributed by atoms with E-state index in [0.717, 1.165) is 30.0 Å². The molecule has 2 aromatic rings. The van der Waals surface area contributed by atoms with Crippen molar-refractivity contribution in [3.8, 4) is 0 Å². The summed E-state index contributed by atoms with van der Waals surface area (Å²) in [5.41, 5.74) is 4.07. The number of nitrogens with zero attached hydrogens (tertiary/aromatic N) is 2. The average molecular weight is 439 g/mol. The summed E-state index contributed by atoms with van der Waals surface area (Å²) < 4.78 is 0. The van der Waals surface area contributed by atoms with Gasteiger partial charge in [-0.1, -0.05) is 33.8 Å². The van der Waals surface area contributed by atoms with Crippen molar-refractivity contribution < 1.29 is 14.7 Å². The van der Waals surface area contributed by atoms with Crippen LogP contribution < -0.4 is 15.5 Å². The van der Waals surface area contributed by atoms with Crippen LogP contribution in [0.25, 0.3) is 0 Å². The molecule has 172 valence electrons. The number of rotatable bonds is 9. The Hall–Kier alpha value is -3.09. The molecule has 3 rings (SSSR count). The minimum absolute atomic E-state index is 0.00453. The number of aliphatic carboxylic acids is 1. The molecule has 0 aliphatic heterocycles. The van der Waals surface area contributed by atoms with E-state index in [0.29, 0.717) is 29.6 Å². The predicted molar refractivity (Wildman–Crippen MR) is 128 cm³/mol. The summed E-state index contributed by atoms with van der Waals surface area (Å²) in [6.07, 6.45) is 2.26. The first-order valence-electron chi connectivity index (χ1n) is 11.3. The van der Waals surface area contributed by atoms with Gasteiger partial charge in [-0.15, -0.1) is 0 Å². The number of hydrogen-bond donors (Lipinski definition) is 3. The van der Waals surface area contributed by atoms with Crippen molar-refractivity contribution in [1.29, 1.82) is 0 Å². The molecular formula is C25H34N4O3. The fourth-order valence-electron chi connectivity index (χ4n) is 3.98. The van der Waals surface area contributed by atoms with E-state index in [9.17, 15) is 14.7 Å². The van der Waals surface area contributed by atoms with Gasteiger partial charge in [-0.3, -0.25) is 9.78 Å². The molecule has 2 amide bonds. The quantitative estimate of drug-likeness (QED) is 0.491. The molecule has 0 unspecified atom stereocenters. The summed E-state index contributed by atoms with van der Waals surface area (Å²) in [6.45, 7) is 12.3. The van der Waals surface area contributed by atoms with E-state index in [4.69, 9.17) is 0 Å². The Morgan fingerprint density at radius 2 is 1.78 bits per heavy atom. The van der Waals surface area contributed by atoms with Crippen molar-refractivity contribution in [3.05, 3.63) is 47.8 Å². The van der Waals surface area contributed by atoms with Crippen LogP contribution in [-0.2, 0) is 4.79 Å². The van der Waals surface area contributed by atoms with E-state index < -0.39 is 5.97 Å². The second-order valence-electron chi connectivity index (χ2n) is 9.52. The molecule has 1 aliphatic carbocycles. The summed E-state index contributed by atoms with van der Waals surface area (Å²) >= 11 is 0. The smallest absolute Gasteiger partial charge is 0.323 e. The second kappa shape index (κ2) is 10.0. The number of hydrogen-bond acceptors (Lipinski definition) is 4. The van der Waals surface area contributed by atoms with Crippen LogP contribution in [0.3, 0.4) is 0 Å². The maximum Gasteiger partial charge on any atom is 0.323 e. The number of aromatic nitrogens is 1. The van der Waals surface area contributed by atoms with Gasteiger partial charge in [0.25, 0.3) is 0 Å². The molecule has 0 spiro atoms. The number of carboxylic acids is 1. The zero-order valence-corrected chi connectivity index (χ0v) is 19.6. The molecule has 7 heteroatoms. The lowest BCUT2D eigenvalue weighted by Gasteiger charge is -2.30. The molecule has 1 aromatic heterocycles. The number of anilines is 3. The van der Waals surface area contributed by atoms with Crippen LogP contribution in [-0.4, -0.2) is 35.2 Å². The SMILES string of the molecule is Cc1ccc(NC(=O)Nc2cc([C@@H]3C[C@@H]3C(=O)O)ccc2N(CC(C)C)CC(C)C)cn1. The molecule has 1 saturated carbocycles. The van der Waals surface area contributed by atoms with Gasteiger partial charge in [-0.2, -0.15) is 0 Å². The largest absolute Gasteiger partial charge is 0.481 e. The fraction of sp³-hybridized carbons (Fsp3) is 0.480. The highest BCUT2D eigenvalue weighted by atomic mass is 16.4. The van der Waals surface area contributed by atoms with E-state index >= 15 is 0 Å². The highest BCUT2D eigenvalue weighted by Crippen LogP contribution is 2.49. The molecule has 0 bridgehead atoms. The maximum absolute atomic E-state index is 12.8. The Morgan fingerprint density at radius 3 is 2.31 bits per heavy atom. The number of benzene rings is 1. The average Bonchev–Trinajstić information content (AvgIpc) is 3.50. The number of carbonyl (C=O) groups is 2. The normalized spacial score (nSPS) is 17.3. The number of urea groups is 1. The van der Waals surface area contributed by atoms with E-state index in [1.54, 1.807) is 6.20 Å². The zero-order chi connectivity index (χ0) is 23.4. The summed E-state index contributed by atoms with van der Waals surface area (Å²) in [4.78, 5) is 30.7. The van der Waals surface area contributed by atoms with Crippen LogP contribution in [0, 0.1) is 24.7 Å². The number of carboxylic acid groups (broad SMARTS) is 1. The summed E-state index contributed by atoms with van der Waals surface area (Å²) in [6, 6.07) is 9.25. The highest BCUT2D eigenvalue weighted by molar-refractivity contribution is 6.02. The lowest BCUT2D eigenvalue weighted by atomic mass is 10.0. The molecule has 3 N–H and O–H groups in total. The third kappa shape index (κ3) is 6.22. The molecule has 1 aliphatic rings. The first kappa shape index (κ1) is 23.6. The number of amides is 2. The van der Waals surface area contributed by atoms with Gasteiger partial charge in [0.1, 0.15) is 0 Å². The van der Waals surface area contributed by atoms with Crippen LogP contribution in [0.5, 0.6) is 0 Å². The van der Waals surface area contributed by atoms with E-state index in [1.807, 2.05) is 37.3 Å². The Kier molecular flexibility index (Phi) is 7.38. The molecular weight excluding hydrogens is 404 g/mol. The Morgan fingerprint density at radius 1 is 1.09 bits per heavy atom. The third-order valence-electron chi connectivity index (χ3n) is 5.49. The second-order valence-corrected chi connectivity index (χ2v) is 9.52. The van der Waals surface area contributed by atoms with Crippen LogP contribution in [0.1, 0.15) is 51.3 Å². The van der Waals surface area contributed by atoms with Crippen molar-refractivity contribution in [2.24, 2.45) is 17.8 Å². The Bertz CT molecular complexity index is 946. The van der Waals surface area contributed by atoms with Gasteiger partial charge >= 0.3 is 12.0 Å². The van der Waals surface area contributed by atoms with Crippen LogP contribution >= 0.6 is 0 Å². The van der Waals surface area contributed by atoms with Crippen LogP contribution in [0.4, 0.5) is 21.9 Å². The fourth-order valence-corrected chi connectivity index (χ4v) is 3.98. The van der Waals surface area contributed by atoms with Crippen molar-refractivity contribution >= 4 is 29.1 Å². The molecule has 1 fully saturated rings. The van der Waals surface area contributed by atoms with Crippen molar-refractivity contribution in [2.75, 3.05) is 28.6 Å². The summed E-state index contributed by atoms with van der Waals surface area (Å²) in [7, 11) is 0. The Balaban J connectivity index is 1.88. The van der Waals surface area contributed by atoms with Gasteiger partial charge in [-0.05, 0) is 60.9 Å². The molecule has 0 saturated heterocycles. The number of pyridine rings is 1. The van der Waals surface area contributed by atoms with Crippen molar-refractivity contribution in [3.63, 3.8) is 0 Å². The molecule has 2 atom stereocenters. The van der Waals surface area contributed by atoms with Gasteiger partial charge in [0.15, 0.2) is 0 Å². The van der Waals surface area contributed by atoms with Gasteiger partial charge in [0.2, 0.25) is 0 Å². The first-order chi connectivity index (χ1) is 15.1. The third-order valence-corrected chi connectivity index (χ3v) is 5.49. The number of nitrogens with one attached hydrogen (secondary N) is 2. The number of aryl methyl sites for hydroxylation is 1. The van der Waals surface area contributed by atoms with Crippen LogP contribution in [0.15, 0.2) is 36.5 Å². The Labute approximate surface area is 190 Å². The van der Waals surface area contributed by atoms with E-state index in [-0.39, 0.29) is 17.9 Å². The lowest BCUT2D eigenvalue weighted by Crippen LogP contribution is -2.32. The zero-order valence-electron chi connectivity index (χ0n) is 19.6. The molecule has 1 aromatic carbocycles. The van der Waals surface area contributed by atoms with Gasteiger partial charge in [0.05, 0.1) is 29.2 Å². The maximum atomic E-state index is 12.8. The van der Waals surface area contributed by atoms with Crippen molar-refractivity contribution in [2.45, 2.75) is 47.0 Å². The lowest BCUT2D eigenvalue weighted by molar-refractivity contribution is -0.138. The predicted octanol–water partition coefficient (Wildman–Crippen LogP) is 5.34. The van der Waals surface area contributed by atoms with Gasteiger partial charge in [0, 0.05) is 18.8 Å². The number of carbonyl (C=O) groups excluding carboxylic acids is 1. The molecule has 0 radical (unpaired) electrons. The first-order valence-corrected chi connectivity index (χ1v) is 11.3. The van der Waals surface area contributed by atoms with Crippen molar-refractivity contribution in [1.82, 2.24) is 4.98 Å². The molecule has 1 heterocycles. The topological polar surface area (TPSA) is 94.6 Å². The molecule has 32 heavy (non-hydrogen) atoms. The van der Waals surface area contributed by atoms with Crippen LogP contribution in [0.2, 0.25) is 0 Å². The van der Waals surface area contributed by atoms with E-state index in [1.165, 1.54) is 0 Å². The van der Waals surface area contributed by atoms with E-state index in [2.05, 4.69) is 48.2 Å². The summed E-state index contributed by atoms with van der Waals surface area (Å²) in [5.74, 6) is -0.208. The standard InChI is InChI=1S/C25H34N4O3/c1-15(2)13-29(14-16(3)4)23-9-7-18(20-11-21(20)24(30)31)10-22(23)28-25(32)27-19-8-6-17(5)26-12-19/h6-10,12,15-16,20-21H,11,13-14H2,1-5H3,(H,30,31)(H2,27,28,32)/t20-,21-/m0/s1. The molecule has 7 nitrogen and oxygen atoms in total. The highest BCUT2D eigenvalue weighted by Gasteiger charge is 2.44. The monoisotopic (exact) mass is 438 g/mol. The van der Waals surface area contributed by atoms with Gasteiger partial charge in [-0.25, -0.2) is 4.79 Å². The minimum Gasteiger partial charge on any atom is -0.481 e. The summed E-state index contributed by atoms with van der Waals surface area (Å²) in [5, 5.41) is 15.2. The minimum atomic E-state index is -0.764.